The Morgan fingerprint density at radius 2 is 1.74 bits per heavy atom. The maximum atomic E-state index is 13.1. The number of rotatable bonds is 4. The minimum absolute atomic E-state index is 0.202. The van der Waals surface area contributed by atoms with Gasteiger partial charge in [-0.1, -0.05) is 44.7 Å². The Hall–Kier alpha value is -1.95. The molecule has 0 atom stereocenters. The summed E-state index contributed by atoms with van der Waals surface area (Å²) in [5, 5.41) is 0. The maximum Gasteiger partial charge on any atom is 0.563 e. The first-order valence-electron chi connectivity index (χ1n) is 11.4. The van der Waals surface area contributed by atoms with Gasteiger partial charge in [-0.15, -0.1) is 0 Å². The van der Waals surface area contributed by atoms with Crippen molar-refractivity contribution in [1.82, 2.24) is 4.90 Å². The Morgan fingerprint density at radius 1 is 1.16 bits per heavy atom. The molecule has 0 aromatic heterocycles. The molecule has 2 aliphatic rings. The Kier molecular flexibility index (Phi) is 6.53. The van der Waals surface area contributed by atoms with Crippen molar-refractivity contribution < 1.29 is 18.8 Å². The lowest BCUT2D eigenvalue weighted by Crippen LogP contribution is -2.45. The lowest BCUT2D eigenvalue weighted by molar-refractivity contribution is 0.00491. The summed E-state index contributed by atoms with van der Waals surface area (Å²) in [6, 6.07) is 8.30. The third kappa shape index (κ3) is 6.06. The summed E-state index contributed by atoms with van der Waals surface area (Å²) in [7, 11) is -0.445. The predicted molar refractivity (Wildman–Crippen MR) is 125 cm³/mol. The van der Waals surface area contributed by atoms with E-state index in [2.05, 4.69) is 20.4 Å². The van der Waals surface area contributed by atoms with E-state index in [-0.39, 0.29) is 12.1 Å². The molecule has 5 nitrogen and oxygen atoms in total. The highest BCUT2D eigenvalue weighted by Gasteiger charge is 2.42. The van der Waals surface area contributed by atoms with Crippen LogP contribution >= 0.6 is 0 Å². The molecule has 1 aromatic rings. The number of amides is 1. The Bertz CT molecular complexity index is 800. The fourth-order valence-electron chi connectivity index (χ4n) is 4.10. The highest BCUT2D eigenvalue weighted by molar-refractivity contribution is 6.62. The molecule has 1 saturated heterocycles. The summed E-state index contributed by atoms with van der Waals surface area (Å²) in [5.74, 6) is 0.637. The number of carbonyl (C=O) groups is 1. The lowest BCUT2D eigenvalue weighted by Gasteiger charge is -2.40. The van der Waals surface area contributed by atoms with Crippen molar-refractivity contribution in [1.29, 1.82) is 0 Å². The van der Waals surface area contributed by atoms with Gasteiger partial charge in [0, 0.05) is 12.6 Å². The second-order valence-corrected chi connectivity index (χ2v) is 11.2. The molecule has 1 aliphatic heterocycles. The zero-order valence-electron chi connectivity index (χ0n) is 20.3. The Labute approximate surface area is 188 Å². The standard InChI is InChI=1S/C25H38BNO4/c1-18-25(7,8)31-26(30-18)20-11-9-19(10-12-20)17-27(22(28)29-23(2,3)4)21-13-15-24(5,6)16-14-21/h9-12,21H,1,13-17H2,2-8H3. The van der Waals surface area contributed by atoms with E-state index < -0.39 is 18.3 Å². The van der Waals surface area contributed by atoms with Crippen molar-refractivity contribution in [2.45, 2.75) is 97.9 Å². The molecule has 0 bridgehead atoms. The molecule has 31 heavy (non-hydrogen) atoms. The molecular weight excluding hydrogens is 389 g/mol. The number of hydrogen-bond acceptors (Lipinski definition) is 4. The molecule has 6 heteroatoms. The van der Waals surface area contributed by atoms with Crippen LogP contribution in [0.3, 0.4) is 0 Å². The van der Waals surface area contributed by atoms with Crippen LogP contribution in [0.4, 0.5) is 4.79 Å². The molecule has 0 spiro atoms. The van der Waals surface area contributed by atoms with Crippen molar-refractivity contribution in [2.75, 3.05) is 0 Å². The van der Waals surface area contributed by atoms with E-state index in [1.807, 2.05) is 63.8 Å². The normalized spacial score (nSPS) is 21.0. The number of nitrogens with zero attached hydrogens (tertiary/aromatic N) is 1. The summed E-state index contributed by atoms with van der Waals surface area (Å²) < 4.78 is 17.5. The van der Waals surface area contributed by atoms with Crippen LogP contribution in [0.1, 0.15) is 79.7 Å². The fourth-order valence-corrected chi connectivity index (χ4v) is 4.10. The summed E-state index contributed by atoms with van der Waals surface area (Å²) in [6.45, 7) is 18.7. The SMILES string of the molecule is C=C1OB(c2ccc(CN(C(=O)OC(C)(C)C)C3CCC(C)(C)CC3)cc2)OC1(C)C. The molecule has 3 rings (SSSR count). The van der Waals surface area contributed by atoms with Crippen LogP contribution in [0.15, 0.2) is 36.6 Å². The van der Waals surface area contributed by atoms with Crippen LogP contribution in [0, 0.1) is 5.41 Å². The van der Waals surface area contributed by atoms with Gasteiger partial charge in [0.05, 0.1) is 5.76 Å². The summed E-state index contributed by atoms with van der Waals surface area (Å²) in [6.07, 6.45) is 4.01. The molecule has 1 amide bonds. The highest BCUT2D eigenvalue weighted by atomic mass is 16.7. The summed E-state index contributed by atoms with van der Waals surface area (Å²) >= 11 is 0. The van der Waals surface area contributed by atoms with Crippen LogP contribution in [0.2, 0.25) is 0 Å². The smallest absolute Gasteiger partial charge is 0.534 e. The minimum Gasteiger partial charge on any atom is -0.534 e. The first-order chi connectivity index (χ1) is 14.3. The molecule has 2 fully saturated rings. The van der Waals surface area contributed by atoms with Crippen LogP contribution in [-0.4, -0.2) is 35.4 Å². The quantitative estimate of drug-likeness (QED) is 0.602. The minimum atomic E-state index is -0.514. The van der Waals surface area contributed by atoms with Crippen molar-refractivity contribution in [2.24, 2.45) is 5.41 Å². The van der Waals surface area contributed by atoms with Gasteiger partial charge in [-0.2, -0.15) is 0 Å². The van der Waals surface area contributed by atoms with E-state index in [4.69, 9.17) is 14.0 Å². The van der Waals surface area contributed by atoms with Crippen LogP contribution in [0.25, 0.3) is 0 Å². The van der Waals surface area contributed by atoms with Gasteiger partial charge in [-0.05, 0) is 76.7 Å². The van der Waals surface area contributed by atoms with Gasteiger partial charge >= 0.3 is 13.2 Å². The Morgan fingerprint density at radius 3 is 2.23 bits per heavy atom. The van der Waals surface area contributed by atoms with E-state index in [0.717, 1.165) is 36.7 Å². The van der Waals surface area contributed by atoms with Crippen molar-refractivity contribution in [3.05, 3.63) is 42.2 Å². The van der Waals surface area contributed by atoms with Gasteiger partial charge < -0.3 is 18.9 Å². The number of benzene rings is 1. The molecule has 1 aromatic carbocycles. The predicted octanol–water partition coefficient (Wildman–Crippen LogP) is 5.43. The van der Waals surface area contributed by atoms with Crippen LogP contribution < -0.4 is 5.46 Å². The van der Waals surface area contributed by atoms with E-state index in [0.29, 0.717) is 17.7 Å². The van der Waals surface area contributed by atoms with Gasteiger partial charge in [0.15, 0.2) is 0 Å². The molecule has 0 radical (unpaired) electrons. The van der Waals surface area contributed by atoms with Crippen molar-refractivity contribution in [3.8, 4) is 0 Å². The number of carbonyl (C=O) groups excluding carboxylic acids is 1. The highest BCUT2D eigenvalue weighted by Crippen LogP contribution is 2.37. The Balaban J connectivity index is 1.73. The summed E-state index contributed by atoms with van der Waals surface area (Å²) in [4.78, 5) is 15.0. The second-order valence-electron chi connectivity index (χ2n) is 11.2. The molecule has 0 unspecified atom stereocenters. The average molecular weight is 427 g/mol. The van der Waals surface area contributed by atoms with E-state index >= 15 is 0 Å². The van der Waals surface area contributed by atoms with E-state index in [1.54, 1.807) is 0 Å². The number of ether oxygens (including phenoxy) is 1. The fraction of sp³-hybridized carbons (Fsp3) is 0.640. The average Bonchev–Trinajstić information content (AvgIpc) is 2.92. The first kappa shape index (κ1) is 23.7. The lowest BCUT2D eigenvalue weighted by atomic mass is 9.75. The van der Waals surface area contributed by atoms with Crippen LogP contribution in [-0.2, 0) is 20.6 Å². The zero-order chi connectivity index (χ0) is 23.0. The molecule has 1 heterocycles. The molecular formula is C25H38BNO4. The molecule has 1 aliphatic carbocycles. The van der Waals surface area contributed by atoms with Gasteiger partial charge in [0.25, 0.3) is 0 Å². The van der Waals surface area contributed by atoms with Crippen molar-refractivity contribution in [3.63, 3.8) is 0 Å². The maximum absolute atomic E-state index is 13.1. The van der Waals surface area contributed by atoms with Gasteiger partial charge in [0.2, 0.25) is 0 Å². The third-order valence-corrected chi connectivity index (χ3v) is 6.30. The summed E-state index contributed by atoms with van der Waals surface area (Å²) in [5.41, 5.74) is 1.34. The second kappa shape index (κ2) is 8.53. The zero-order valence-corrected chi connectivity index (χ0v) is 20.3. The van der Waals surface area contributed by atoms with Crippen molar-refractivity contribution >= 4 is 18.7 Å². The third-order valence-electron chi connectivity index (χ3n) is 6.30. The van der Waals surface area contributed by atoms with Gasteiger partial charge in [-0.3, -0.25) is 0 Å². The van der Waals surface area contributed by atoms with E-state index in [9.17, 15) is 4.79 Å². The molecule has 170 valence electrons. The van der Waals surface area contributed by atoms with Gasteiger partial charge in [-0.25, -0.2) is 4.79 Å². The van der Waals surface area contributed by atoms with Gasteiger partial charge in [0.1, 0.15) is 11.2 Å². The first-order valence-corrected chi connectivity index (χ1v) is 11.4. The van der Waals surface area contributed by atoms with Crippen LogP contribution in [0.5, 0.6) is 0 Å². The molecule has 0 N–H and O–H groups in total. The molecule has 1 saturated carbocycles. The monoisotopic (exact) mass is 427 g/mol. The number of hydrogen-bond donors (Lipinski definition) is 0. The largest absolute Gasteiger partial charge is 0.563 e. The topological polar surface area (TPSA) is 48.0 Å². The van der Waals surface area contributed by atoms with E-state index in [1.165, 1.54) is 0 Å².